The zero-order chi connectivity index (χ0) is 22.8. The van der Waals surface area contributed by atoms with Crippen molar-refractivity contribution in [1.29, 1.82) is 0 Å². The third-order valence-electron chi connectivity index (χ3n) is 11.2. The lowest BCUT2D eigenvalue weighted by Gasteiger charge is -2.59. The number of rotatable bonds is 5. The minimum Gasteiger partial charge on any atom is -0.393 e. The van der Waals surface area contributed by atoms with Gasteiger partial charge in [-0.2, -0.15) is 0 Å². The summed E-state index contributed by atoms with van der Waals surface area (Å²) in [5.74, 6) is 3.84. The SMILES string of the molecule is CC(CCC(C)C(C)(C)O)C1CCC2C3CC=C4CC(O)CC(O)C4(C)C3CCC12C. The number of aliphatic hydroxyl groups excluding tert-OH is 2. The summed E-state index contributed by atoms with van der Waals surface area (Å²) in [6, 6.07) is 0. The first-order chi connectivity index (χ1) is 14.4. The van der Waals surface area contributed by atoms with E-state index in [-0.39, 0.29) is 11.5 Å². The van der Waals surface area contributed by atoms with Gasteiger partial charge in [0.05, 0.1) is 17.8 Å². The maximum atomic E-state index is 11.1. The number of allylic oxidation sites excluding steroid dienone is 1. The summed E-state index contributed by atoms with van der Waals surface area (Å²) in [5, 5.41) is 31.7. The molecule has 0 spiro atoms. The van der Waals surface area contributed by atoms with E-state index in [1.54, 1.807) is 0 Å². The molecular weight excluding hydrogens is 384 g/mol. The van der Waals surface area contributed by atoms with Crippen LogP contribution in [0.5, 0.6) is 0 Å². The molecule has 0 amide bonds. The average molecular weight is 433 g/mol. The van der Waals surface area contributed by atoms with Gasteiger partial charge in [-0.1, -0.05) is 45.8 Å². The van der Waals surface area contributed by atoms with Crippen LogP contribution in [0.4, 0.5) is 0 Å². The maximum Gasteiger partial charge on any atom is 0.0658 e. The summed E-state index contributed by atoms with van der Waals surface area (Å²) >= 11 is 0. The molecule has 0 aromatic rings. The Balaban J connectivity index is 1.50. The highest BCUT2D eigenvalue weighted by Crippen LogP contribution is 2.67. The monoisotopic (exact) mass is 432 g/mol. The molecule has 4 aliphatic carbocycles. The Bertz CT molecular complexity index is 693. The van der Waals surface area contributed by atoms with E-state index in [4.69, 9.17) is 0 Å². The van der Waals surface area contributed by atoms with Crippen LogP contribution in [0.15, 0.2) is 11.6 Å². The lowest BCUT2D eigenvalue weighted by Crippen LogP contribution is -2.55. The van der Waals surface area contributed by atoms with Crippen molar-refractivity contribution in [2.75, 3.05) is 0 Å². The highest BCUT2D eigenvalue weighted by Gasteiger charge is 2.60. The van der Waals surface area contributed by atoms with Crippen LogP contribution >= 0.6 is 0 Å². The smallest absolute Gasteiger partial charge is 0.0658 e. The van der Waals surface area contributed by atoms with Crippen LogP contribution in [0.25, 0.3) is 0 Å². The van der Waals surface area contributed by atoms with Gasteiger partial charge in [0.1, 0.15) is 0 Å². The van der Waals surface area contributed by atoms with Crippen LogP contribution in [0.2, 0.25) is 0 Å². The van der Waals surface area contributed by atoms with Gasteiger partial charge in [-0.15, -0.1) is 0 Å². The number of fused-ring (bicyclic) bond motifs is 5. The summed E-state index contributed by atoms with van der Waals surface area (Å²) in [7, 11) is 0. The fourth-order valence-electron chi connectivity index (χ4n) is 8.74. The van der Waals surface area contributed by atoms with E-state index >= 15 is 0 Å². The van der Waals surface area contributed by atoms with E-state index in [9.17, 15) is 15.3 Å². The van der Waals surface area contributed by atoms with E-state index in [1.165, 1.54) is 37.7 Å². The molecule has 3 heteroatoms. The highest BCUT2D eigenvalue weighted by atomic mass is 16.3. The van der Waals surface area contributed by atoms with Crippen LogP contribution in [0.3, 0.4) is 0 Å². The molecule has 0 heterocycles. The van der Waals surface area contributed by atoms with E-state index in [2.05, 4.69) is 33.8 Å². The molecule has 10 unspecified atom stereocenters. The topological polar surface area (TPSA) is 60.7 Å². The minimum atomic E-state index is -0.587. The predicted molar refractivity (Wildman–Crippen MR) is 126 cm³/mol. The van der Waals surface area contributed by atoms with Gasteiger partial charge in [0.15, 0.2) is 0 Å². The zero-order valence-electron chi connectivity index (χ0n) is 20.9. The molecule has 0 saturated heterocycles. The van der Waals surface area contributed by atoms with Crippen molar-refractivity contribution in [3.63, 3.8) is 0 Å². The molecule has 0 aromatic heterocycles. The first kappa shape index (κ1) is 23.8. The summed E-state index contributed by atoms with van der Waals surface area (Å²) in [6.45, 7) is 13.4. The lowest BCUT2D eigenvalue weighted by molar-refractivity contribution is -0.108. The first-order valence-electron chi connectivity index (χ1n) is 13.2. The molecule has 3 N–H and O–H groups in total. The summed E-state index contributed by atoms with van der Waals surface area (Å²) in [4.78, 5) is 0. The Morgan fingerprint density at radius 3 is 2.45 bits per heavy atom. The van der Waals surface area contributed by atoms with Gasteiger partial charge in [-0.25, -0.2) is 0 Å². The van der Waals surface area contributed by atoms with E-state index < -0.39 is 11.7 Å². The molecule has 31 heavy (non-hydrogen) atoms. The lowest BCUT2D eigenvalue weighted by atomic mass is 9.46. The molecule has 178 valence electrons. The molecule has 3 saturated carbocycles. The van der Waals surface area contributed by atoms with Gasteiger partial charge in [0.2, 0.25) is 0 Å². The second-order valence-corrected chi connectivity index (χ2v) is 13.1. The van der Waals surface area contributed by atoms with Gasteiger partial charge in [-0.3, -0.25) is 0 Å². The van der Waals surface area contributed by atoms with Crippen LogP contribution in [-0.4, -0.2) is 33.1 Å². The van der Waals surface area contributed by atoms with Gasteiger partial charge >= 0.3 is 0 Å². The molecule has 3 fully saturated rings. The normalized spacial score (nSPS) is 47.1. The van der Waals surface area contributed by atoms with Crippen molar-refractivity contribution < 1.29 is 15.3 Å². The van der Waals surface area contributed by atoms with Crippen molar-refractivity contribution in [3.05, 3.63) is 11.6 Å². The standard InChI is InChI=1S/C28H48O3/c1-17(7-8-18(2)26(3,4)31)22-11-12-23-21-10-9-19-15-20(29)16-25(30)28(19,6)24(21)13-14-27(22,23)5/h9,17-18,20-25,29-31H,7-8,10-16H2,1-6H3. The van der Waals surface area contributed by atoms with Gasteiger partial charge in [0, 0.05) is 11.8 Å². The summed E-state index contributed by atoms with van der Waals surface area (Å²) in [5.41, 5.74) is 1.04. The molecule has 0 aromatic carbocycles. The Morgan fingerprint density at radius 2 is 1.77 bits per heavy atom. The second-order valence-electron chi connectivity index (χ2n) is 13.1. The molecule has 4 rings (SSSR count). The van der Waals surface area contributed by atoms with Gasteiger partial charge in [-0.05, 0) is 99.7 Å². The number of hydrogen-bond donors (Lipinski definition) is 3. The number of hydrogen-bond acceptors (Lipinski definition) is 3. The van der Waals surface area contributed by atoms with Gasteiger partial charge in [0.25, 0.3) is 0 Å². The van der Waals surface area contributed by atoms with Crippen LogP contribution < -0.4 is 0 Å². The zero-order valence-corrected chi connectivity index (χ0v) is 20.9. The van der Waals surface area contributed by atoms with Crippen molar-refractivity contribution >= 4 is 0 Å². The third-order valence-corrected chi connectivity index (χ3v) is 11.2. The fraction of sp³-hybridized carbons (Fsp3) is 0.929. The molecule has 0 aliphatic heterocycles. The van der Waals surface area contributed by atoms with E-state index in [0.29, 0.717) is 35.5 Å². The van der Waals surface area contributed by atoms with Crippen LogP contribution in [0, 0.1) is 46.3 Å². The van der Waals surface area contributed by atoms with Crippen LogP contribution in [0.1, 0.15) is 99.3 Å². The van der Waals surface area contributed by atoms with Crippen molar-refractivity contribution in [1.82, 2.24) is 0 Å². The molecule has 4 aliphatic rings. The third kappa shape index (κ3) is 3.85. The van der Waals surface area contributed by atoms with Gasteiger partial charge < -0.3 is 15.3 Å². The minimum absolute atomic E-state index is 0.130. The van der Waals surface area contributed by atoms with E-state index in [1.807, 2.05) is 13.8 Å². The Labute approximate surface area is 190 Å². The first-order valence-corrected chi connectivity index (χ1v) is 13.2. The molecule has 10 atom stereocenters. The van der Waals surface area contributed by atoms with Crippen molar-refractivity contribution in [2.45, 2.75) is 117 Å². The fourth-order valence-corrected chi connectivity index (χ4v) is 8.74. The quantitative estimate of drug-likeness (QED) is 0.487. The Hall–Kier alpha value is -0.380. The van der Waals surface area contributed by atoms with Crippen molar-refractivity contribution in [2.24, 2.45) is 46.3 Å². The maximum absolute atomic E-state index is 11.1. The number of aliphatic hydroxyl groups is 3. The summed E-state index contributed by atoms with van der Waals surface area (Å²) < 4.78 is 0. The molecular formula is C28H48O3. The highest BCUT2D eigenvalue weighted by molar-refractivity contribution is 5.27. The predicted octanol–water partition coefficient (Wildman–Crippen LogP) is 5.72. The van der Waals surface area contributed by atoms with Crippen molar-refractivity contribution in [3.8, 4) is 0 Å². The average Bonchev–Trinajstić information content (AvgIpc) is 3.03. The Kier molecular flexibility index (Phi) is 6.24. The molecule has 0 radical (unpaired) electrons. The Morgan fingerprint density at radius 1 is 1.06 bits per heavy atom. The molecule has 0 bridgehead atoms. The largest absolute Gasteiger partial charge is 0.393 e. The second kappa shape index (κ2) is 8.13. The molecule has 3 nitrogen and oxygen atoms in total. The van der Waals surface area contributed by atoms with E-state index in [0.717, 1.165) is 31.1 Å². The van der Waals surface area contributed by atoms with Crippen LogP contribution in [-0.2, 0) is 0 Å². The summed E-state index contributed by atoms with van der Waals surface area (Å²) in [6.07, 6.45) is 11.6.